The molecule has 0 aliphatic rings. The van der Waals surface area contributed by atoms with E-state index in [1.807, 2.05) is 26.0 Å². The number of methoxy groups -OCH3 is 1. The number of hydrogen-bond acceptors (Lipinski definition) is 5. The van der Waals surface area contributed by atoms with Gasteiger partial charge in [-0.2, -0.15) is 0 Å². The van der Waals surface area contributed by atoms with Gasteiger partial charge in [-0.25, -0.2) is 0 Å². The van der Waals surface area contributed by atoms with Crippen LogP contribution in [0.4, 0.5) is 11.4 Å². The summed E-state index contributed by atoms with van der Waals surface area (Å²) in [4.78, 5) is 24.8. The maximum absolute atomic E-state index is 12.6. The third kappa shape index (κ3) is 5.08. The number of rotatable bonds is 5. The summed E-state index contributed by atoms with van der Waals surface area (Å²) < 4.78 is 6.06. The van der Waals surface area contributed by atoms with E-state index in [2.05, 4.69) is 16.0 Å². The molecule has 2 amide bonds. The van der Waals surface area contributed by atoms with E-state index < -0.39 is 5.91 Å². The number of anilines is 2. The Balaban J connectivity index is 1.65. The summed E-state index contributed by atoms with van der Waals surface area (Å²) in [7, 11) is 1.58. The number of ether oxygens (including phenoxy) is 1. The van der Waals surface area contributed by atoms with Crippen molar-refractivity contribution in [1.82, 2.24) is 5.32 Å². The minimum Gasteiger partial charge on any atom is -0.497 e. The van der Waals surface area contributed by atoms with E-state index in [0.717, 1.165) is 10.1 Å². The lowest BCUT2D eigenvalue weighted by atomic mass is 10.2. The Morgan fingerprint density at radius 2 is 1.70 bits per heavy atom. The van der Waals surface area contributed by atoms with Gasteiger partial charge in [0.05, 0.1) is 12.1 Å². The van der Waals surface area contributed by atoms with Gasteiger partial charge in [-0.15, -0.1) is 11.3 Å². The highest BCUT2D eigenvalue weighted by atomic mass is 35.5. The number of benzene rings is 2. The van der Waals surface area contributed by atoms with E-state index >= 15 is 0 Å². The third-order valence-corrected chi connectivity index (χ3v) is 6.06. The number of carbonyl (C=O) groups excluding carboxylic acids is 2. The SMILES string of the molecule is COc1ccc2c(Cl)c(C(=O)NC(=S)Nc3ccc(NC(=O)C(C)C)cc3)sc2c1. The molecule has 9 heteroatoms. The predicted octanol–water partition coefficient (Wildman–Crippen LogP) is 5.28. The molecule has 1 heterocycles. The molecule has 3 N–H and O–H groups in total. The number of carbonyl (C=O) groups is 2. The summed E-state index contributed by atoms with van der Waals surface area (Å²) in [6.07, 6.45) is 0. The van der Waals surface area contributed by atoms with E-state index in [0.29, 0.717) is 27.0 Å². The zero-order chi connectivity index (χ0) is 21.8. The molecule has 0 atom stereocenters. The summed E-state index contributed by atoms with van der Waals surface area (Å²) >= 11 is 12.9. The van der Waals surface area contributed by atoms with E-state index in [9.17, 15) is 9.59 Å². The van der Waals surface area contributed by atoms with Gasteiger partial charge in [-0.3, -0.25) is 14.9 Å². The van der Waals surface area contributed by atoms with Crippen LogP contribution in [0.5, 0.6) is 5.75 Å². The van der Waals surface area contributed by atoms with Gasteiger partial charge in [0.1, 0.15) is 10.6 Å². The topological polar surface area (TPSA) is 79.5 Å². The summed E-state index contributed by atoms with van der Waals surface area (Å²) in [5.74, 6) is 0.139. The number of fused-ring (bicyclic) bond motifs is 1. The number of thiocarbonyl (C=S) groups is 1. The second-order valence-electron chi connectivity index (χ2n) is 6.74. The van der Waals surface area contributed by atoms with Crippen LogP contribution in [0.2, 0.25) is 5.02 Å². The summed E-state index contributed by atoms with van der Waals surface area (Å²) in [6.45, 7) is 3.65. The van der Waals surface area contributed by atoms with Crippen LogP contribution in [-0.2, 0) is 4.79 Å². The average Bonchev–Trinajstić information content (AvgIpc) is 3.05. The molecule has 0 unspecified atom stereocenters. The van der Waals surface area contributed by atoms with Crippen molar-refractivity contribution in [1.29, 1.82) is 0 Å². The highest BCUT2D eigenvalue weighted by Gasteiger charge is 2.18. The molecule has 0 bridgehead atoms. The number of hydrogen-bond donors (Lipinski definition) is 3. The van der Waals surface area contributed by atoms with Crippen molar-refractivity contribution in [3.8, 4) is 5.75 Å². The normalized spacial score (nSPS) is 10.7. The zero-order valence-corrected chi connectivity index (χ0v) is 18.9. The van der Waals surface area contributed by atoms with Crippen LogP contribution in [0.25, 0.3) is 10.1 Å². The Hall–Kier alpha value is -2.68. The van der Waals surface area contributed by atoms with E-state index in [4.69, 9.17) is 28.6 Å². The maximum Gasteiger partial charge on any atom is 0.269 e. The molecule has 0 aliphatic heterocycles. The van der Waals surface area contributed by atoms with Crippen molar-refractivity contribution in [2.75, 3.05) is 17.7 Å². The van der Waals surface area contributed by atoms with Crippen molar-refractivity contribution < 1.29 is 14.3 Å². The Morgan fingerprint density at radius 3 is 2.30 bits per heavy atom. The van der Waals surface area contributed by atoms with Crippen molar-refractivity contribution in [3.63, 3.8) is 0 Å². The van der Waals surface area contributed by atoms with Gasteiger partial charge in [0, 0.05) is 27.4 Å². The fourth-order valence-corrected chi connectivity index (χ4v) is 4.22. The highest BCUT2D eigenvalue weighted by Crippen LogP contribution is 2.37. The van der Waals surface area contributed by atoms with E-state index in [-0.39, 0.29) is 16.9 Å². The molecule has 156 valence electrons. The zero-order valence-electron chi connectivity index (χ0n) is 16.5. The van der Waals surface area contributed by atoms with Crippen LogP contribution in [0.15, 0.2) is 42.5 Å². The van der Waals surface area contributed by atoms with Gasteiger partial charge in [0.25, 0.3) is 5.91 Å². The van der Waals surface area contributed by atoms with Gasteiger partial charge < -0.3 is 15.4 Å². The Kier molecular flexibility index (Phi) is 6.91. The first-order valence-electron chi connectivity index (χ1n) is 9.07. The molecule has 3 aromatic rings. The van der Waals surface area contributed by atoms with Gasteiger partial charge >= 0.3 is 0 Å². The largest absolute Gasteiger partial charge is 0.497 e. The smallest absolute Gasteiger partial charge is 0.269 e. The maximum atomic E-state index is 12.6. The first-order valence-corrected chi connectivity index (χ1v) is 10.7. The highest BCUT2D eigenvalue weighted by molar-refractivity contribution is 7.80. The van der Waals surface area contributed by atoms with Gasteiger partial charge in [0.2, 0.25) is 5.91 Å². The monoisotopic (exact) mass is 461 g/mol. The molecule has 2 aromatic carbocycles. The molecule has 0 saturated carbocycles. The van der Waals surface area contributed by atoms with Crippen LogP contribution in [0.1, 0.15) is 23.5 Å². The minimum atomic E-state index is -0.390. The molecule has 30 heavy (non-hydrogen) atoms. The van der Waals surface area contributed by atoms with Crippen LogP contribution in [0, 0.1) is 5.92 Å². The van der Waals surface area contributed by atoms with Gasteiger partial charge in [-0.1, -0.05) is 25.4 Å². The molecule has 3 rings (SSSR count). The van der Waals surface area contributed by atoms with Crippen molar-refractivity contribution in [2.24, 2.45) is 5.92 Å². The average molecular weight is 462 g/mol. The number of thiophene rings is 1. The lowest BCUT2D eigenvalue weighted by molar-refractivity contribution is -0.118. The summed E-state index contributed by atoms with van der Waals surface area (Å²) in [6, 6.07) is 12.5. The molecule has 0 saturated heterocycles. The van der Waals surface area contributed by atoms with E-state index in [1.54, 1.807) is 37.4 Å². The second-order valence-corrected chi connectivity index (χ2v) is 8.58. The van der Waals surface area contributed by atoms with Gasteiger partial charge in [0.15, 0.2) is 5.11 Å². The standard InChI is InChI=1S/C21H20ClN3O3S2/c1-11(2)19(26)23-12-4-6-13(7-5-12)24-21(29)25-20(27)18-17(22)15-9-8-14(28-3)10-16(15)30-18/h4-11H,1-3H3,(H,23,26)(H2,24,25,27,29). The number of nitrogens with one attached hydrogen (secondary N) is 3. The minimum absolute atomic E-state index is 0.0590. The molecule has 1 aromatic heterocycles. The fourth-order valence-electron chi connectivity index (χ4n) is 2.56. The Bertz CT molecular complexity index is 1110. The predicted molar refractivity (Wildman–Crippen MR) is 127 cm³/mol. The lowest BCUT2D eigenvalue weighted by Gasteiger charge is -2.11. The first kappa shape index (κ1) is 22.0. The first-order chi connectivity index (χ1) is 14.3. The van der Waals surface area contributed by atoms with Crippen molar-refractivity contribution in [2.45, 2.75) is 13.8 Å². The fraction of sp³-hybridized carbons (Fsp3) is 0.190. The molecule has 0 fully saturated rings. The van der Waals surface area contributed by atoms with Crippen LogP contribution >= 0.6 is 35.2 Å². The van der Waals surface area contributed by atoms with Crippen LogP contribution in [0.3, 0.4) is 0 Å². The quantitative estimate of drug-likeness (QED) is 0.450. The Morgan fingerprint density at radius 1 is 1.07 bits per heavy atom. The van der Waals surface area contributed by atoms with Crippen LogP contribution in [-0.4, -0.2) is 24.0 Å². The molecule has 0 aliphatic carbocycles. The lowest BCUT2D eigenvalue weighted by Crippen LogP contribution is -2.33. The molecule has 0 spiro atoms. The van der Waals surface area contributed by atoms with Crippen LogP contribution < -0.4 is 20.7 Å². The second kappa shape index (κ2) is 9.42. The van der Waals surface area contributed by atoms with Crippen molar-refractivity contribution in [3.05, 3.63) is 52.4 Å². The number of amides is 2. The van der Waals surface area contributed by atoms with Gasteiger partial charge in [-0.05, 0) is 54.7 Å². The summed E-state index contributed by atoms with van der Waals surface area (Å²) in [5.41, 5.74) is 1.36. The summed E-state index contributed by atoms with van der Waals surface area (Å²) in [5, 5.41) is 9.70. The third-order valence-electron chi connectivity index (χ3n) is 4.20. The molecular weight excluding hydrogens is 442 g/mol. The molecular formula is C21H20ClN3O3S2. The van der Waals surface area contributed by atoms with E-state index in [1.165, 1.54) is 11.3 Å². The Labute approximate surface area is 188 Å². The van der Waals surface area contributed by atoms with Crippen molar-refractivity contribution >= 4 is 73.5 Å². The molecule has 0 radical (unpaired) electrons. The molecule has 6 nitrogen and oxygen atoms in total. The number of halogens is 1.